The van der Waals surface area contributed by atoms with Gasteiger partial charge < -0.3 is 5.11 Å². The Morgan fingerprint density at radius 1 is 0.909 bits per heavy atom. The Morgan fingerprint density at radius 3 is 2.09 bits per heavy atom. The second-order valence-electron chi connectivity index (χ2n) is 6.29. The molecular formula is C20H25NO. The molecule has 2 heteroatoms. The van der Waals surface area contributed by atoms with Crippen LogP contribution in [0, 0.1) is 0 Å². The summed E-state index contributed by atoms with van der Waals surface area (Å²) in [5.41, 5.74) is 2.20. The standard InChI is InChI=1S/C20H25NO/c1-16-10-8-9-15-21(16)19(17-11-4-2-5-12-17)20(22)18-13-6-3-7-14-18/h2-7,11-14,16,19-20,22H,8-10,15H2,1H3/t16-,19-,20+/m0/s1. The molecule has 0 saturated carbocycles. The van der Waals surface area contributed by atoms with Crippen LogP contribution in [0.1, 0.15) is 49.5 Å². The lowest BCUT2D eigenvalue weighted by Gasteiger charge is -2.42. The van der Waals surface area contributed by atoms with Gasteiger partial charge in [0.15, 0.2) is 0 Å². The topological polar surface area (TPSA) is 23.5 Å². The maximum atomic E-state index is 11.1. The fourth-order valence-electron chi connectivity index (χ4n) is 3.57. The van der Waals surface area contributed by atoms with Gasteiger partial charge in [-0.05, 0) is 37.4 Å². The maximum absolute atomic E-state index is 11.1. The average molecular weight is 295 g/mol. The van der Waals surface area contributed by atoms with Crippen LogP contribution in [0.15, 0.2) is 60.7 Å². The largest absolute Gasteiger partial charge is 0.386 e. The molecule has 1 heterocycles. The Balaban J connectivity index is 1.96. The number of aliphatic hydroxyl groups is 1. The predicted octanol–water partition coefficient (Wildman–Crippen LogP) is 4.34. The number of benzene rings is 2. The van der Waals surface area contributed by atoms with E-state index in [1.165, 1.54) is 24.8 Å². The fourth-order valence-corrected chi connectivity index (χ4v) is 3.57. The molecule has 2 aromatic rings. The lowest BCUT2D eigenvalue weighted by Crippen LogP contribution is -2.42. The number of rotatable bonds is 4. The number of piperidine rings is 1. The van der Waals surface area contributed by atoms with Crippen molar-refractivity contribution in [2.75, 3.05) is 6.54 Å². The van der Waals surface area contributed by atoms with Gasteiger partial charge in [-0.2, -0.15) is 0 Å². The van der Waals surface area contributed by atoms with E-state index < -0.39 is 6.10 Å². The molecule has 0 amide bonds. The van der Waals surface area contributed by atoms with Gasteiger partial charge in [0.1, 0.15) is 0 Å². The summed E-state index contributed by atoms with van der Waals surface area (Å²) in [6, 6.07) is 21.0. The number of hydrogen-bond donors (Lipinski definition) is 1. The van der Waals surface area contributed by atoms with Crippen molar-refractivity contribution in [2.45, 2.75) is 44.4 Å². The molecule has 116 valence electrons. The SMILES string of the molecule is C[C@H]1CCCCN1[C@@H](c1ccccc1)[C@H](O)c1ccccc1. The molecule has 0 unspecified atom stereocenters. The summed E-state index contributed by atoms with van der Waals surface area (Å²) in [5.74, 6) is 0. The molecule has 0 aromatic heterocycles. The molecular weight excluding hydrogens is 270 g/mol. The van der Waals surface area contributed by atoms with Gasteiger partial charge in [0.05, 0.1) is 12.1 Å². The summed E-state index contributed by atoms with van der Waals surface area (Å²) < 4.78 is 0. The van der Waals surface area contributed by atoms with Crippen molar-refractivity contribution in [1.29, 1.82) is 0 Å². The van der Waals surface area contributed by atoms with Crippen LogP contribution in [0.4, 0.5) is 0 Å². The molecule has 0 bridgehead atoms. The minimum atomic E-state index is -0.496. The van der Waals surface area contributed by atoms with Gasteiger partial charge in [-0.1, -0.05) is 67.1 Å². The zero-order valence-electron chi connectivity index (χ0n) is 13.2. The molecule has 3 atom stereocenters. The summed E-state index contributed by atoms with van der Waals surface area (Å²) >= 11 is 0. The van der Waals surface area contributed by atoms with Crippen molar-refractivity contribution in [3.63, 3.8) is 0 Å². The first-order valence-corrected chi connectivity index (χ1v) is 8.31. The van der Waals surface area contributed by atoms with Crippen molar-refractivity contribution in [3.05, 3.63) is 71.8 Å². The first-order valence-electron chi connectivity index (χ1n) is 8.31. The lowest BCUT2D eigenvalue weighted by molar-refractivity contribution is 0.00998. The molecule has 0 spiro atoms. The molecule has 0 aliphatic carbocycles. The third-order valence-electron chi connectivity index (χ3n) is 4.79. The van der Waals surface area contributed by atoms with E-state index in [0.717, 1.165) is 12.1 Å². The zero-order valence-corrected chi connectivity index (χ0v) is 13.2. The minimum absolute atomic E-state index is 0.0268. The van der Waals surface area contributed by atoms with E-state index in [1.54, 1.807) is 0 Å². The molecule has 2 aromatic carbocycles. The van der Waals surface area contributed by atoms with Crippen LogP contribution in [0.5, 0.6) is 0 Å². The van der Waals surface area contributed by atoms with Crippen molar-refractivity contribution >= 4 is 0 Å². The summed E-state index contributed by atoms with van der Waals surface area (Å²) in [6.07, 6.45) is 3.23. The first-order chi connectivity index (χ1) is 10.8. The second-order valence-corrected chi connectivity index (χ2v) is 6.29. The normalized spacial score (nSPS) is 22.2. The Bertz CT molecular complexity index is 569. The van der Waals surface area contributed by atoms with Crippen LogP contribution >= 0.6 is 0 Å². The Labute approximate surface area is 133 Å². The molecule has 3 rings (SSSR count). The van der Waals surface area contributed by atoms with E-state index in [9.17, 15) is 5.11 Å². The summed E-state index contributed by atoms with van der Waals surface area (Å²) in [4.78, 5) is 2.48. The molecule has 2 nitrogen and oxygen atoms in total. The Kier molecular flexibility index (Phi) is 4.91. The summed E-state index contributed by atoms with van der Waals surface area (Å²) in [7, 11) is 0. The molecule has 1 aliphatic rings. The molecule has 0 radical (unpaired) electrons. The van der Waals surface area contributed by atoms with Crippen molar-refractivity contribution in [2.24, 2.45) is 0 Å². The van der Waals surface area contributed by atoms with E-state index in [-0.39, 0.29) is 6.04 Å². The Hall–Kier alpha value is -1.64. The zero-order chi connectivity index (χ0) is 15.4. The monoisotopic (exact) mass is 295 g/mol. The lowest BCUT2D eigenvalue weighted by atomic mass is 9.90. The van der Waals surface area contributed by atoms with E-state index in [4.69, 9.17) is 0 Å². The highest BCUT2D eigenvalue weighted by Gasteiger charge is 2.32. The fraction of sp³-hybridized carbons (Fsp3) is 0.400. The highest BCUT2D eigenvalue weighted by atomic mass is 16.3. The van der Waals surface area contributed by atoms with Crippen LogP contribution in [-0.2, 0) is 0 Å². The van der Waals surface area contributed by atoms with Crippen LogP contribution in [0.3, 0.4) is 0 Å². The number of hydrogen-bond acceptors (Lipinski definition) is 2. The molecule has 1 aliphatic heterocycles. The summed E-state index contributed by atoms with van der Waals surface area (Å²) in [5, 5.41) is 11.1. The van der Waals surface area contributed by atoms with Gasteiger partial charge in [-0.15, -0.1) is 0 Å². The third-order valence-corrected chi connectivity index (χ3v) is 4.79. The molecule has 1 N–H and O–H groups in total. The van der Waals surface area contributed by atoms with E-state index in [2.05, 4.69) is 36.1 Å². The highest BCUT2D eigenvalue weighted by molar-refractivity contribution is 5.26. The van der Waals surface area contributed by atoms with E-state index >= 15 is 0 Å². The van der Waals surface area contributed by atoms with Gasteiger partial charge in [-0.25, -0.2) is 0 Å². The second kappa shape index (κ2) is 7.08. The van der Waals surface area contributed by atoms with Crippen LogP contribution in [0.2, 0.25) is 0 Å². The van der Waals surface area contributed by atoms with E-state index in [1.807, 2.05) is 36.4 Å². The average Bonchev–Trinajstić information content (AvgIpc) is 2.58. The van der Waals surface area contributed by atoms with Gasteiger partial charge in [0, 0.05) is 6.04 Å². The molecule has 1 fully saturated rings. The first kappa shape index (κ1) is 15.3. The van der Waals surface area contributed by atoms with Crippen LogP contribution in [0.25, 0.3) is 0 Å². The molecule has 22 heavy (non-hydrogen) atoms. The highest BCUT2D eigenvalue weighted by Crippen LogP contribution is 2.37. The number of nitrogens with zero attached hydrogens (tertiary/aromatic N) is 1. The third kappa shape index (κ3) is 3.23. The summed E-state index contributed by atoms with van der Waals surface area (Å²) in [6.45, 7) is 3.34. The Morgan fingerprint density at radius 2 is 1.50 bits per heavy atom. The smallest absolute Gasteiger partial charge is 0.0986 e. The number of likely N-dealkylation sites (tertiary alicyclic amines) is 1. The van der Waals surface area contributed by atoms with E-state index in [0.29, 0.717) is 6.04 Å². The van der Waals surface area contributed by atoms with Crippen LogP contribution in [-0.4, -0.2) is 22.6 Å². The quantitative estimate of drug-likeness (QED) is 0.907. The van der Waals surface area contributed by atoms with Gasteiger partial charge in [-0.3, -0.25) is 4.90 Å². The maximum Gasteiger partial charge on any atom is 0.0986 e. The van der Waals surface area contributed by atoms with Crippen molar-refractivity contribution in [3.8, 4) is 0 Å². The van der Waals surface area contributed by atoms with Crippen molar-refractivity contribution < 1.29 is 5.11 Å². The predicted molar refractivity (Wildman–Crippen MR) is 90.6 cm³/mol. The molecule has 1 saturated heterocycles. The number of aliphatic hydroxyl groups excluding tert-OH is 1. The van der Waals surface area contributed by atoms with Gasteiger partial charge >= 0.3 is 0 Å². The van der Waals surface area contributed by atoms with Gasteiger partial charge in [0.25, 0.3) is 0 Å². The minimum Gasteiger partial charge on any atom is -0.386 e. The van der Waals surface area contributed by atoms with Crippen molar-refractivity contribution in [1.82, 2.24) is 4.90 Å². The van der Waals surface area contributed by atoms with Gasteiger partial charge in [0.2, 0.25) is 0 Å². The van der Waals surface area contributed by atoms with Crippen LogP contribution < -0.4 is 0 Å².